The van der Waals surface area contributed by atoms with E-state index < -0.39 is 0 Å². The molecule has 2 rings (SSSR count). The van der Waals surface area contributed by atoms with Crippen LogP contribution in [0.5, 0.6) is 0 Å². The summed E-state index contributed by atoms with van der Waals surface area (Å²) in [6.45, 7) is 1.73. The van der Waals surface area contributed by atoms with E-state index in [4.69, 9.17) is 17.3 Å². The molecule has 0 aliphatic carbocycles. The van der Waals surface area contributed by atoms with Crippen LogP contribution in [0.25, 0.3) is 11.1 Å². The third-order valence-corrected chi connectivity index (χ3v) is 2.83. The third-order valence-electron chi connectivity index (χ3n) is 2.51. The van der Waals surface area contributed by atoms with Gasteiger partial charge < -0.3 is 5.73 Å². The maximum Gasteiger partial charge on any atom is 0.126 e. The Hall–Kier alpha value is -1.54. The number of hydrogen-bond acceptors (Lipinski definition) is 1. The standard InChI is InChI=1S/C13H11ClFN/c1-8-2-3-10(7-12(8)15)9-4-5-13(16)11(14)6-9/h2-7H,16H2,1H3. The first-order chi connectivity index (χ1) is 7.58. The molecule has 0 amide bonds. The minimum Gasteiger partial charge on any atom is -0.398 e. The van der Waals surface area contributed by atoms with Gasteiger partial charge in [0.25, 0.3) is 0 Å². The second-order valence-corrected chi connectivity index (χ2v) is 4.11. The van der Waals surface area contributed by atoms with Gasteiger partial charge in [0.15, 0.2) is 0 Å². The number of anilines is 1. The van der Waals surface area contributed by atoms with Crippen molar-refractivity contribution in [2.45, 2.75) is 6.92 Å². The monoisotopic (exact) mass is 235 g/mol. The van der Waals surface area contributed by atoms with Crippen LogP contribution in [0.2, 0.25) is 5.02 Å². The highest BCUT2D eigenvalue weighted by Gasteiger charge is 2.04. The van der Waals surface area contributed by atoms with E-state index in [0.717, 1.165) is 11.1 Å². The van der Waals surface area contributed by atoms with Gasteiger partial charge in [-0.25, -0.2) is 4.39 Å². The topological polar surface area (TPSA) is 26.0 Å². The van der Waals surface area contributed by atoms with Gasteiger partial charge in [-0.05, 0) is 41.8 Å². The predicted molar refractivity (Wildman–Crippen MR) is 66.0 cm³/mol. The first-order valence-corrected chi connectivity index (χ1v) is 5.27. The quantitative estimate of drug-likeness (QED) is 0.742. The average Bonchev–Trinajstić information content (AvgIpc) is 2.26. The molecule has 0 aliphatic heterocycles. The smallest absolute Gasteiger partial charge is 0.126 e. The largest absolute Gasteiger partial charge is 0.398 e. The van der Waals surface area contributed by atoms with E-state index >= 15 is 0 Å². The Morgan fingerprint density at radius 2 is 1.69 bits per heavy atom. The molecule has 0 atom stereocenters. The zero-order valence-corrected chi connectivity index (χ0v) is 9.55. The zero-order valence-electron chi connectivity index (χ0n) is 8.80. The molecule has 2 aromatic carbocycles. The van der Waals surface area contributed by atoms with E-state index in [-0.39, 0.29) is 5.82 Å². The summed E-state index contributed by atoms with van der Waals surface area (Å²) in [4.78, 5) is 0. The fraction of sp³-hybridized carbons (Fsp3) is 0.0769. The van der Waals surface area contributed by atoms with Crippen molar-refractivity contribution < 1.29 is 4.39 Å². The van der Waals surface area contributed by atoms with Crippen LogP contribution in [0.3, 0.4) is 0 Å². The van der Waals surface area contributed by atoms with Crippen molar-refractivity contribution in [3.63, 3.8) is 0 Å². The van der Waals surface area contributed by atoms with Crippen molar-refractivity contribution in [3.05, 3.63) is 52.8 Å². The summed E-state index contributed by atoms with van der Waals surface area (Å²) >= 11 is 5.92. The Kier molecular flexibility index (Phi) is 2.84. The summed E-state index contributed by atoms with van der Waals surface area (Å²) in [5, 5.41) is 0.485. The van der Waals surface area contributed by atoms with Crippen LogP contribution in [0.1, 0.15) is 5.56 Å². The maximum absolute atomic E-state index is 13.4. The Morgan fingerprint density at radius 3 is 2.31 bits per heavy atom. The van der Waals surface area contributed by atoms with E-state index in [2.05, 4.69) is 0 Å². The summed E-state index contributed by atoms with van der Waals surface area (Å²) in [6, 6.07) is 10.4. The van der Waals surface area contributed by atoms with Crippen molar-refractivity contribution in [3.8, 4) is 11.1 Å². The lowest BCUT2D eigenvalue weighted by Gasteiger charge is -2.05. The maximum atomic E-state index is 13.4. The predicted octanol–water partition coefficient (Wildman–Crippen LogP) is 4.04. The second-order valence-electron chi connectivity index (χ2n) is 3.70. The number of hydrogen-bond donors (Lipinski definition) is 1. The Morgan fingerprint density at radius 1 is 1.06 bits per heavy atom. The molecule has 0 aliphatic rings. The molecule has 0 bridgehead atoms. The van der Waals surface area contributed by atoms with Crippen molar-refractivity contribution in [1.82, 2.24) is 0 Å². The SMILES string of the molecule is Cc1ccc(-c2ccc(N)c(Cl)c2)cc1F. The summed E-state index contributed by atoms with van der Waals surface area (Å²) in [5.74, 6) is -0.217. The van der Waals surface area contributed by atoms with E-state index in [9.17, 15) is 4.39 Å². The van der Waals surface area contributed by atoms with Gasteiger partial charge in [0.2, 0.25) is 0 Å². The Labute approximate surface area is 98.7 Å². The minimum atomic E-state index is -0.217. The minimum absolute atomic E-state index is 0.217. The number of benzene rings is 2. The fourth-order valence-corrected chi connectivity index (χ4v) is 1.66. The van der Waals surface area contributed by atoms with Crippen molar-refractivity contribution in [2.24, 2.45) is 0 Å². The molecule has 0 saturated carbocycles. The molecule has 16 heavy (non-hydrogen) atoms. The van der Waals surface area contributed by atoms with Gasteiger partial charge in [0.1, 0.15) is 5.82 Å². The van der Waals surface area contributed by atoms with Crippen LogP contribution in [0.4, 0.5) is 10.1 Å². The number of aryl methyl sites for hydroxylation is 1. The molecule has 0 radical (unpaired) electrons. The second kappa shape index (κ2) is 4.14. The molecule has 0 heterocycles. The average molecular weight is 236 g/mol. The number of nitrogen functional groups attached to an aromatic ring is 1. The molecular weight excluding hydrogens is 225 g/mol. The first-order valence-electron chi connectivity index (χ1n) is 4.89. The summed E-state index contributed by atoms with van der Waals surface area (Å²) < 4.78 is 13.4. The number of rotatable bonds is 1. The highest BCUT2D eigenvalue weighted by Crippen LogP contribution is 2.27. The zero-order chi connectivity index (χ0) is 11.7. The van der Waals surface area contributed by atoms with Crippen molar-refractivity contribution in [2.75, 3.05) is 5.73 Å². The summed E-state index contributed by atoms with van der Waals surface area (Å²) in [6.07, 6.45) is 0. The molecule has 0 aromatic heterocycles. The summed E-state index contributed by atoms with van der Waals surface area (Å²) in [5.41, 5.74) is 8.43. The van der Waals surface area contributed by atoms with Crippen LogP contribution in [0.15, 0.2) is 36.4 Å². The first kappa shape index (κ1) is 11.0. The van der Waals surface area contributed by atoms with Crippen LogP contribution in [-0.4, -0.2) is 0 Å². The van der Waals surface area contributed by atoms with Gasteiger partial charge >= 0.3 is 0 Å². The van der Waals surface area contributed by atoms with Crippen molar-refractivity contribution in [1.29, 1.82) is 0 Å². The van der Waals surface area contributed by atoms with Gasteiger partial charge in [0, 0.05) is 0 Å². The Bertz CT molecular complexity index is 488. The van der Waals surface area contributed by atoms with Gasteiger partial charge in [-0.15, -0.1) is 0 Å². The number of halogens is 2. The molecule has 2 aromatic rings. The van der Waals surface area contributed by atoms with E-state index in [1.165, 1.54) is 6.07 Å². The highest BCUT2D eigenvalue weighted by molar-refractivity contribution is 6.33. The van der Waals surface area contributed by atoms with Crippen LogP contribution < -0.4 is 5.73 Å². The molecular formula is C13H11ClFN. The molecule has 3 heteroatoms. The molecule has 2 N–H and O–H groups in total. The molecule has 0 saturated heterocycles. The molecule has 0 unspecified atom stereocenters. The number of nitrogens with two attached hydrogens (primary N) is 1. The van der Waals surface area contributed by atoms with Gasteiger partial charge in [-0.2, -0.15) is 0 Å². The summed E-state index contributed by atoms with van der Waals surface area (Å²) in [7, 11) is 0. The lowest BCUT2D eigenvalue weighted by atomic mass is 10.0. The van der Waals surface area contributed by atoms with E-state index in [1.807, 2.05) is 12.1 Å². The van der Waals surface area contributed by atoms with E-state index in [1.54, 1.807) is 25.1 Å². The lowest BCUT2D eigenvalue weighted by molar-refractivity contribution is 0.619. The molecule has 0 spiro atoms. The van der Waals surface area contributed by atoms with Gasteiger partial charge in [0.05, 0.1) is 10.7 Å². The Balaban J connectivity index is 2.50. The lowest BCUT2D eigenvalue weighted by Crippen LogP contribution is -1.88. The van der Waals surface area contributed by atoms with E-state index in [0.29, 0.717) is 16.3 Å². The third kappa shape index (κ3) is 2.02. The highest BCUT2D eigenvalue weighted by atomic mass is 35.5. The molecule has 82 valence electrons. The van der Waals surface area contributed by atoms with Crippen LogP contribution >= 0.6 is 11.6 Å². The molecule has 0 fully saturated rings. The normalized spacial score (nSPS) is 10.4. The van der Waals surface area contributed by atoms with Crippen molar-refractivity contribution >= 4 is 17.3 Å². The van der Waals surface area contributed by atoms with Crippen LogP contribution in [-0.2, 0) is 0 Å². The van der Waals surface area contributed by atoms with Crippen LogP contribution in [0, 0.1) is 12.7 Å². The van der Waals surface area contributed by atoms with Gasteiger partial charge in [-0.1, -0.05) is 29.8 Å². The molecule has 1 nitrogen and oxygen atoms in total. The fourth-order valence-electron chi connectivity index (χ4n) is 1.48. The van der Waals surface area contributed by atoms with Gasteiger partial charge in [-0.3, -0.25) is 0 Å².